The van der Waals surface area contributed by atoms with E-state index in [1.165, 1.54) is 23.1 Å². The number of anilines is 1. The molecule has 0 fully saturated rings. The summed E-state index contributed by atoms with van der Waals surface area (Å²) < 4.78 is 8.10. The molecule has 0 aliphatic rings. The van der Waals surface area contributed by atoms with Gasteiger partial charge in [-0.2, -0.15) is 0 Å². The maximum Gasteiger partial charge on any atom is 0.239 e. The molecule has 0 saturated carbocycles. The zero-order valence-corrected chi connectivity index (χ0v) is 20.3. The summed E-state index contributed by atoms with van der Waals surface area (Å²) in [6, 6.07) is 7.35. The number of nitrogens with zero attached hydrogens (tertiary/aromatic N) is 4. The highest BCUT2D eigenvalue weighted by atomic mass is 35.5. The summed E-state index contributed by atoms with van der Waals surface area (Å²) in [6.45, 7) is 8.87. The fraction of sp³-hybridized carbons (Fsp3) is 0.429. The number of carbonyl (C=O) groups excluding carboxylic acids is 1. The number of ether oxygens (including phenoxy) is 1. The minimum Gasteiger partial charge on any atom is -0.481 e. The second kappa shape index (κ2) is 11.0. The Labute approximate surface area is 195 Å². The average molecular weight is 480 g/mol. The SMILES string of the molecule is CCC(Sc1nnc(C(C)Oc2ccccc2Cl)n1CC(C)C)C(=O)Nc1nccs1. The number of halogens is 1. The molecule has 2 heterocycles. The number of thioether (sulfide) groups is 1. The highest BCUT2D eigenvalue weighted by Crippen LogP contribution is 2.31. The van der Waals surface area contributed by atoms with Crippen LogP contribution in [0.2, 0.25) is 5.02 Å². The Morgan fingerprint density at radius 2 is 2.06 bits per heavy atom. The zero-order chi connectivity index (χ0) is 22.4. The van der Waals surface area contributed by atoms with Crippen molar-refractivity contribution in [3.63, 3.8) is 0 Å². The molecular weight excluding hydrogens is 454 g/mol. The zero-order valence-electron chi connectivity index (χ0n) is 17.9. The Morgan fingerprint density at radius 1 is 1.29 bits per heavy atom. The van der Waals surface area contributed by atoms with E-state index in [9.17, 15) is 4.79 Å². The minimum atomic E-state index is -0.357. The van der Waals surface area contributed by atoms with E-state index in [0.29, 0.717) is 45.8 Å². The second-order valence-corrected chi connectivity index (χ2v) is 9.85. The van der Waals surface area contributed by atoms with Gasteiger partial charge in [0, 0.05) is 18.1 Å². The van der Waals surface area contributed by atoms with Gasteiger partial charge in [-0.1, -0.05) is 56.3 Å². The van der Waals surface area contributed by atoms with Crippen LogP contribution in [0.3, 0.4) is 0 Å². The molecule has 2 aromatic heterocycles. The third kappa shape index (κ3) is 6.21. The van der Waals surface area contributed by atoms with Crippen LogP contribution in [0.4, 0.5) is 5.13 Å². The molecule has 3 rings (SSSR count). The molecule has 1 aromatic carbocycles. The van der Waals surface area contributed by atoms with Crippen molar-refractivity contribution < 1.29 is 9.53 Å². The minimum absolute atomic E-state index is 0.0940. The lowest BCUT2D eigenvalue weighted by molar-refractivity contribution is -0.115. The van der Waals surface area contributed by atoms with Gasteiger partial charge < -0.3 is 14.6 Å². The Balaban J connectivity index is 1.80. The molecule has 31 heavy (non-hydrogen) atoms. The molecule has 3 aromatic rings. The van der Waals surface area contributed by atoms with Crippen LogP contribution in [0.5, 0.6) is 5.75 Å². The van der Waals surface area contributed by atoms with Crippen molar-refractivity contribution in [3.8, 4) is 5.75 Å². The molecule has 0 saturated heterocycles. The first kappa shape index (κ1) is 23.6. The fourth-order valence-electron chi connectivity index (χ4n) is 2.93. The lowest BCUT2D eigenvalue weighted by atomic mass is 10.2. The topological polar surface area (TPSA) is 81.9 Å². The molecule has 2 unspecified atom stereocenters. The van der Waals surface area contributed by atoms with Crippen LogP contribution in [0, 0.1) is 5.92 Å². The summed E-state index contributed by atoms with van der Waals surface area (Å²) >= 11 is 9.05. The third-order valence-electron chi connectivity index (χ3n) is 4.37. The quantitative estimate of drug-likeness (QED) is 0.376. The van der Waals surface area contributed by atoms with Crippen molar-refractivity contribution in [3.05, 3.63) is 46.7 Å². The highest BCUT2D eigenvalue weighted by Gasteiger charge is 2.26. The molecule has 0 radical (unpaired) electrons. The smallest absolute Gasteiger partial charge is 0.239 e. The Bertz CT molecular complexity index is 994. The van der Waals surface area contributed by atoms with Crippen molar-refractivity contribution in [1.29, 1.82) is 0 Å². The molecular formula is C21H26ClN5O2S2. The molecule has 10 heteroatoms. The van der Waals surface area contributed by atoms with Crippen molar-refractivity contribution in [2.45, 2.75) is 57.2 Å². The molecule has 0 bridgehead atoms. The Morgan fingerprint density at radius 3 is 2.71 bits per heavy atom. The number of carbonyl (C=O) groups is 1. The molecule has 166 valence electrons. The van der Waals surface area contributed by atoms with Gasteiger partial charge in [0.05, 0.1) is 10.3 Å². The number of nitrogens with one attached hydrogen (secondary N) is 1. The van der Waals surface area contributed by atoms with Gasteiger partial charge in [0.25, 0.3) is 0 Å². The summed E-state index contributed by atoms with van der Waals surface area (Å²) in [6.07, 6.45) is 1.96. The van der Waals surface area contributed by atoms with E-state index in [2.05, 4.69) is 34.3 Å². The molecule has 2 atom stereocenters. The van der Waals surface area contributed by atoms with Crippen molar-refractivity contribution in [2.75, 3.05) is 5.32 Å². The normalized spacial score (nSPS) is 13.2. The summed E-state index contributed by atoms with van der Waals surface area (Å²) in [7, 11) is 0. The van der Waals surface area contributed by atoms with Gasteiger partial charge in [-0.3, -0.25) is 4.79 Å². The lowest BCUT2D eigenvalue weighted by Gasteiger charge is -2.19. The van der Waals surface area contributed by atoms with Crippen LogP contribution in [0.15, 0.2) is 41.0 Å². The first-order valence-corrected chi connectivity index (χ1v) is 12.2. The predicted octanol–water partition coefficient (Wildman–Crippen LogP) is 5.69. The first-order chi connectivity index (χ1) is 14.9. The fourth-order valence-corrected chi connectivity index (χ4v) is 4.61. The maximum absolute atomic E-state index is 12.7. The van der Waals surface area contributed by atoms with E-state index in [0.717, 1.165) is 0 Å². The van der Waals surface area contributed by atoms with Gasteiger partial charge in [0.1, 0.15) is 5.75 Å². The van der Waals surface area contributed by atoms with Crippen LogP contribution >= 0.6 is 34.7 Å². The number of rotatable bonds is 10. The maximum atomic E-state index is 12.7. The number of hydrogen-bond acceptors (Lipinski definition) is 7. The van der Waals surface area contributed by atoms with E-state index in [1.54, 1.807) is 12.3 Å². The van der Waals surface area contributed by atoms with Crippen LogP contribution in [-0.2, 0) is 11.3 Å². The van der Waals surface area contributed by atoms with Crippen molar-refractivity contribution in [1.82, 2.24) is 19.7 Å². The second-order valence-electron chi connectivity index (χ2n) is 7.38. The van der Waals surface area contributed by atoms with Gasteiger partial charge in [-0.05, 0) is 31.4 Å². The summed E-state index contributed by atoms with van der Waals surface area (Å²) in [5, 5.41) is 15.0. The third-order valence-corrected chi connectivity index (χ3v) is 6.72. The number of para-hydroxylation sites is 1. The van der Waals surface area contributed by atoms with Gasteiger partial charge in [0.2, 0.25) is 5.91 Å². The van der Waals surface area contributed by atoms with Gasteiger partial charge >= 0.3 is 0 Å². The van der Waals surface area contributed by atoms with Crippen LogP contribution in [0.1, 0.15) is 46.0 Å². The Kier molecular flexibility index (Phi) is 8.34. The van der Waals surface area contributed by atoms with Gasteiger partial charge in [-0.25, -0.2) is 4.98 Å². The Hall–Kier alpha value is -2.10. The van der Waals surface area contributed by atoms with Crippen molar-refractivity contribution >= 4 is 45.7 Å². The number of benzene rings is 1. The molecule has 1 N–H and O–H groups in total. The monoisotopic (exact) mass is 479 g/mol. The van der Waals surface area contributed by atoms with E-state index < -0.39 is 0 Å². The molecule has 7 nitrogen and oxygen atoms in total. The lowest BCUT2D eigenvalue weighted by Crippen LogP contribution is -2.25. The summed E-state index contributed by atoms with van der Waals surface area (Å²) in [4.78, 5) is 16.9. The van der Waals surface area contributed by atoms with E-state index in [-0.39, 0.29) is 17.3 Å². The predicted molar refractivity (Wildman–Crippen MR) is 126 cm³/mol. The summed E-state index contributed by atoms with van der Waals surface area (Å²) in [5.74, 6) is 1.57. The van der Waals surface area contributed by atoms with Crippen molar-refractivity contribution in [2.24, 2.45) is 5.92 Å². The van der Waals surface area contributed by atoms with Crippen LogP contribution in [0.25, 0.3) is 0 Å². The summed E-state index contributed by atoms with van der Waals surface area (Å²) in [5.41, 5.74) is 0. The highest BCUT2D eigenvalue weighted by molar-refractivity contribution is 8.00. The molecule has 0 aliphatic heterocycles. The number of amides is 1. The van der Waals surface area contributed by atoms with Gasteiger partial charge in [0.15, 0.2) is 22.2 Å². The molecule has 1 amide bonds. The largest absolute Gasteiger partial charge is 0.481 e. The number of thiazole rings is 1. The van der Waals surface area contributed by atoms with E-state index in [1.807, 2.05) is 42.0 Å². The number of aromatic nitrogens is 4. The standard InChI is InChI=1S/C21H26ClN5O2S2/c1-5-17(19(28)24-20-23-10-11-30-20)31-21-26-25-18(27(21)12-13(2)3)14(4)29-16-9-7-6-8-15(16)22/h6-11,13-14,17H,5,12H2,1-4H3,(H,23,24,28). The number of hydrogen-bond donors (Lipinski definition) is 1. The molecule has 0 spiro atoms. The first-order valence-electron chi connectivity index (χ1n) is 10.1. The van der Waals surface area contributed by atoms with E-state index >= 15 is 0 Å². The van der Waals surface area contributed by atoms with Crippen LogP contribution in [-0.4, -0.2) is 30.9 Å². The van der Waals surface area contributed by atoms with E-state index in [4.69, 9.17) is 16.3 Å². The van der Waals surface area contributed by atoms with Crippen LogP contribution < -0.4 is 10.1 Å². The average Bonchev–Trinajstić information content (AvgIpc) is 3.37. The van der Waals surface area contributed by atoms with Gasteiger partial charge in [-0.15, -0.1) is 21.5 Å². The molecule has 0 aliphatic carbocycles.